The lowest BCUT2D eigenvalue weighted by Gasteiger charge is -2.05. The Morgan fingerprint density at radius 2 is 1.90 bits per heavy atom. The predicted molar refractivity (Wildman–Crippen MR) is 84.8 cm³/mol. The van der Waals surface area contributed by atoms with Crippen LogP contribution in [0.15, 0.2) is 36.5 Å². The standard InChI is InChI=1S/C18H24O2/c1-2-15-18(20)16-13-11-9-7-5-3-4-6-8-10-12-14-17-19/h5,7,9,11-12,14,18-20H,2,10,13,15-17H2,1H3/b7-5+,11-9+,14-12-. The number of allylic oxidation sites excluding steroid dienone is 5. The molecule has 0 aromatic heterocycles. The minimum Gasteiger partial charge on any atom is -0.393 e. The predicted octanol–water partition coefficient (Wildman–Crippen LogP) is 2.99. The molecule has 0 heterocycles. The van der Waals surface area contributed by atoms with E-state index in [0.717, 1.165) is 25.7 Å². The Morgan fingerprint density at radius 1 is 1.05 bits per heavy atom. The summed E-state index contributed by atoms with van der Waals surface area (Å²) < 4.78 is 0. The molecule has 20 heavy (non-hydrogen) atoms. The van der Waals surface area contributed by atoms with Crippen molar-refractivity contribution < 1.29 is 10.2 Å². The van der Waals surface area contributed by atoms with E-state index in [4.69, 9.17) is 5.11 Å². The average molecular weight is 272 g/mol. The molecule has 0 aromatic carbocycles. The first-order valence-corrected chi connectivity index (χ1v) is 7.05. The van der Waals surface area contributed by atoms with Crippen LogP contribution in [-0.4, -0.2) is 22.9 Å². The van der Waals surface area contributed by atoms with Gasteiger partial charge in [-0.1, -0.05) is 55.6 Å². The van der Waals surface area contributed by atoms with E-state index in [9.17, 15) is 5.11 Å². The molecule has 1 atom stereocenters. The molecular formula is C18H24O2. The zero-order valence-corrected chi connectivity index (χ0v) is 12.2. The molecule has 2 nitrogen and oxygen atoms in total. The van der Waals surface area contributed by atoms with Crippen LogP contribution >= 0.6 is 0 Å². The van der Waals surface area contributed by atoms with E-state index in [1.54, 1.807) is 18.2 Å². The van der Waals surface area contributed by atoms with Crippen LogP contribution in [-0.2, 0) is 0 Å². The van der Waals surface area contributed by atoms with Crippen molar-refractivity contribution in [2.24, 2.45) is 0 Å². The second kappa shape index (κ2) is 15.3. The largest absolute Gasteiger partial charge is 0.393 e. The summed E-state index contributed by atoms with van der Waals surface area (Å²) in [6.45, 7) is 2.13. The van der Waals surface area contributed by atoms with Gasteiger partial charge in [-0.15, -0.1) is 0 Å². The van der Waals surface area contributed by atoms with Gasteiger partial charge in [0.2, 0.25) is 0 Å². The van der Waals surface area contributed by atoms with Crippen LogP contribution in [0.25, 0.3) is 0 Å². The van der Waals surface area contributed by atoms with Gasteiger partial charge < -0.3 is 10.2 Å². The smallest absolute Gasteiger partial charge is 0.0612 e. The van der Waals surface area contributed by atoms with E-state index >= 15 is 0 Å². The molecular weight excluding hydrogens is 248 g/mol. The van der Waals surface area contributed by atoms with Crippen molar-refractivity contribution >= 4 is 0 Å². The van der Waals surface area contributed by atoms with E-state index in [0.29, 0.717) is 6.42 Å². The van der Waals surface area contributed by atoms with Crippen molar-refractivity contribution in [2.75, 3.05) is 6.61 Å². The second-order valence-corrected chi connectivity index (χ2v) is 4.24. The van der Waals surface area contributed by atoms with Gasteiger partial charge in [0.15, 0.2) is 0 Å². The maximum atomic E-state index is 9.52. The van der Waals surface area contributed by atoms with Gasteiger partial charge in [0, 0.05) is 6.42 Å². The molecule has 0 fully saturated rings. The summed E-state index contributed by atoms with van der Waals surface area (Å²) in [5.41, 5.74) is 0. The highest BCUT2D eigenvalue weighted by Gasteiger charge is 1.98. The van der Waals surface area contributed by atoms with Gasteiger partial charge in [-0.25, -0.2) is 0 Å². The number of rotatable bonds is 8. The van der Waals surface area contributed by atoms with Gasteiger partial charge >= 0.3 is 0 Å². The van der Waals surface area contributed by atoms with Crippen molar-refractivity contribution in [3.63, 3.8) is 0 Å². The highest BCUT2D eigenvalue weighted by molar-refractivity contribution is 5.32. The van der Waals surface area contributed by atoms with Crippen LogP contribution in [0, 0.1) is 23.7 Å². The fraction of sp³-hybridized carbons (Fsp3) is 0.444. The summed E-state index contributed by atoms with van der Waals surface area (Å²) in [5, 5.41) is 18.0. The number of aliphatic hydroxyl groups is 2. The van der Waals surface area contributed by atoms with Gasteiger partial charge in [-0.3, -0.25) is 0 Å². The van der Waals surface area contributed by atoms with E-state index in [1.807, 2.05) is 18.2 Å². The van der Waals surface area contributed by atoms with E-state index in [1.165, 1.54) is 0 Å². The first-order valence-electron chi connectivity index (χ1n) is 7.05. The molecule has 0 saturated heterocycles. The second-order valence-electron chi connectivity index (χ2n) is 4.24. The quantitative estimate of drug-likeness (QED) is 0.405. The van der Waals surface area contributed by atoms with Crippen molar-refractivity contribution in [1.82, 2.24) is 0 Å². The minimum absolute atomic E-state index is 0.0535. The van der Waals surface area contributed by atoms with E-state index in [2.05, 4.69) is 30.6 Å². The van der Waals surface area contributed by atoms with Crippen LogP contribution in [0.4, 0.5) is 0 Å². The van der Waals surface area contributed by atoms with Crippen LogP contribution in [0.3, 0.4) is 0 Å². The maximum absolute atomic E-state index is 9.52. The zero-order chi connectivity index (χ0) is 14.9. The zero-order valence-electron chi connectivity index (χ0n) is 12.2. The average Bonchev–Trinajstić information content (AvgIpc) is 2.44. The Balaban J connectivity index is 3.73. The number of hydrogen-bond donors (Lipinski definition) is 2. The molecule has 0 aliphatic heterocycles. The lowest BCUT2D eigenvalue weighted by molar-refractivity contribution is 0.155. The van der Waals surface area contributed by atoms with Crippen LogP contribution in [0.1, 0.15) is 39.0 Å². The van der Waals surface area contributed by atoms with E-state index < -0.39 is 0 Å². The Labute approximate surface area is 122 Å². The number of hydrogen-bond acceptors (Lipinski definition) is 2. The highest BCUT2D eigenvalue weighted by atomic mass is 16.3. The molecule has 0 spiro atoms. The first-order chi connectivity index (χ1) is 9.81. The summed E-state index contributed by atoms with van der Waals surface area (Å²) >= 11 is 0. The van der Waals surface area contributed by atoms with Crippen LogP contribution < -0.4 is 0 Å². The summed E-state index contributed by atoms with van der Waals surface area (Å²) in [6, 6.07) is 0. The topological polar surface area (TPSA) is 40.5 Å². The highest BCUT2D eigenvalue weighted by Crippen LogP contribution is 2.04. The molecule has 108 valence electrons. The summed E-state index contributed by atoms with van der Waals surface area (Å²) in [7, 11) is 0. The third-order valence-electron chi connectivity index (χ3n) is 2.43. The van der Waals surface area contributed by atoms with Gasteiger partial charge in [0.25, 0.3) is 0 Å². The normalized spacial score (nSPS) is 12.3. The van der Waals surface area contributed by atoms with Crippen LogP contribution in [0.5, 0.6) is 0 Å². The fourth-order valence-electron chi connectivity index (χ4n) is 1.43. The molecule has 2 heteroatoms. The number of aliphatic hydroxyl groups excluding tert-OH is 2. The van der Waals surface area contributed by atoms with E-state index in [-0.39, 0.29) is 12.7 Å². The third-order valence-corrected chi connectivity index (χ3v) is 2.43. The van der Waals surface area contributed by atoms with Crippen molar-refractivity contribution in [3.05, 3.63) is 36.5 Å². The molecule has 0 radical (unpaired) electrons. The Bertz CT molecular complexity index is 422. The van der Waals surface area contributed by atoms with Gasteiger partial charge in [-0.05, 0) is 37.2 Å². The van der Waals surface area contributed by atoms with Crippen molar-refractivity contribution in [3.8, 4) is 23.7 Å². The molecule has 0 aliphatic carbocycles. The molecule has 0 aliphatic rings. The van der Waals surface area contributed by atoms with Gasteiger partial charge in [0.1, 0.15) is 0 Å². The molecule has 0 saturated carbocycles. The lowest BCUT2D eigenvalue weighted by atomic mass is 10.1. The summed E-state index contributed by atoms with van der Waals surface area (Å²) in [4.78, 5) is 0. The molecule has 2 N–H and O–H groups in total. The van der Waals surface area contributed by atoms with Crippen LogP contribution in [0.2, 0.25) is 0 Å². The molecule has 0 amide bonds. The molecule has 0 aromatic rings. The molecule has 0 rings (SSSR count). The third kappa shape index (κ3) is 14.3. The molecule has 0 bridgehead atoms. The van der Waals surface area contributed by atoms with Crippen molar-refractivity contribution in [1.29, 1.82) is 0 Å². The fourth-order valence-corrected chi connectivity index (χ4v) is 1.43. The Kier molecular flexibility index (Phi) is 14.0. The summed E-state index contributed by atoms with van der Waals surface area (Å²) in [6.07, 6.45) is 15.1. The Morgan fingerprint density at radius 3 is 2.65 bits per heavy atom. The maximum Gasteiger partial charge on any atom is 0.0612 e. The lowest BCUT2D eigenvalue weighted by Crippen LogP contribution is -2.04. The van der Waals surface area contributed by atoms with Crippen molar-refractivity contribution in [2.45, 2.75) is 45.1 Å². The van der Waals surface area contributed by atoms with Gasteiger partial charge in [-0.2, -0.15) is 0 Å². The minimum atomic E-state index is -0.177. The first kappa shape index (κ1) is 18.3. The molecule has 1 unspecified atom stereocenters. The summed E-state index contributed by atoms with van der Waals surface area (Å²) in [5.74, 6) is 11.1. The SMILES string of the molecule is CCCC(O)CC/C=C/C=C/C#CC#CC/C=C\CO. The van der Waals surface area contributed by atoms with Gasteiger partial charge in [0.05, 0.1) is 12.7 Å². The monoisotopic (exact) mass is 272 g/mol. The Hall–Kier alpha value is -1.74.